The maximum absolute atomic E-state index is 11.8. The van der Waals surface area contributed by atoms with Crippen molar-refractivity contribution < 1.29 is 18.0 Å². The zero-order valence-electron chi connectivity index (χ0n) is 12.1. The fraction of sp³-hybridized carbons (Fsp3) is 0.429. The van der Waals surface area contributed by atoms with Crippen LogP contribution in [-0.4, -0.2) is 38.3 Å². The summed E-state index contributed by atoms with van der Waals surface area (Å²) in [6.07, 6.45) is 0.321. The molecule has 2 amide bonds. The molecule has 1 aliphatic heterocycles. The zero-order valence-corrected chi connectivity index (χ0v) is 14.5. The maximum atomic E-state index is 11.8. The molecule has 1 heterocycles. The number of hydrogen-bond acceptors (Lipinski definition) is 4. The van der Waals surface area contributed by atoms with Crippen LogP contribution >= 0.6 is 15.9 Å². The number of amides is 2. The lowest BCUT2D eigenvalue weighted by Crippen LogP contribution is -2.37. The monoisotopic (exact) mass is 388 g/mol. The summed E-state index contributed by atoms with van der Waals surface area (Å²) in [5, 5.41) is 5.20. The van der Waals surface area contributed by atoms with Crippen molar-refractivity contribution >= 4 is 43.3 Å². The second-order valence-electron chi connectivity index (χ2n) is 5.33. The number of anilines is 1. The van der Waals surface area contributed by atoms with Gasteiger partial charge in [0.05, 0.1) is 24.0 Å². The second kappa shape index (κ2) is 6.78. The van der Waals surface area contributed by atoms with E-state index in [0.717, 1.165) is 10.0 Å². The number of carbonyl (C=O) groups excluding carboxylic acids is 2. The molecule has 1 atom stereocenters. The van der Waals surface area contributed by atoms with Crippen molar-refractivity contribution in [3.63, 3.8) is 0 Å². The highest BCUT2D eigenvalue weighted by Crippen LogP contribution is 2.20. The molecule has 1 aromatic carbocycles. The van der Waals surface area contributed by atoms with E-state index in [4.69, 9.17) is 0 Å². The first-order valence-electron chi connectivity index (χ1n) is 6.81. The van der Waals surface area contributed by atoms with Crippen LogP contribution in [0.2, 0.25) is 0 Å². The van der Waals surface area contributed by atoms with Gasteiger partial charge in [0.15, 0.2) is 9.84 Å². The molecule has 2 N–H and O–H groups in total. The van der Waals surface area contributed by atoms with E-state index in [1.807, 2.05) is 19.1 Å². The average molecular weight is 389 g/mol. The SMILES string of the molecule is Cc1cc(Br)ccc1NC(=O)CNC(=O)C1CCS(=O)(=O)C1. The van der Waals surface area contributed by atoms with Crippen LogP contribution < -0.4 is 10.6 Å². The third-order valence-corrected chi connectivity index (χ3v) is 5.75. The number of halogens is 1. The molecular weight excluding hydrogens is 372 g/mol. The van der Waals surface area contributed by atoms with Crippen LogP contribution in [0.3, 0.4) is 0 Å². The molecule has 1 aliphatic rings. The highest BCUT2D eigenvalue weighted by atomic mass is 79.9. The summed E-state index contributed by atoms with van der Waals surface area (Å²) < 4.78 is 23.6. The van der Waals surface area contributed by atoms with Crippen LogP contribution in [-0.2, 0) is 19.4 Å². The Bertz CT molecular complexity index is 703. The van der Waals surface area contributed by atoms with Crippen LogP contribution in [0.1, 0.15) is 12.0 Å². The van der Waals surface area contributed by atoms with Crippen molar-refractivity contribution in [2.75, 3.05) is 23.4 Å². The molecule has 0 radical (unpaired) electrons. The normalized spacial score (nSPS) is 19.6. The molecule has 0 bridgehead atoms. The Morgan fingerprint density at radius 3 is 2.68 bits per heavy atom. The van der Waals surface area contributed by atoms with Gasteiger partial charge >= 0.3 is 0 Å². The summed E-state index contributed by atoms with van der Waals surface area (Å²) in [6, 6.07) is 5.45. The number of sulfone groups is 1. The third kappa shape index (κ3) is 4.54. The van der Waals surface area contributed by atoms with E-state index in [9.17, 15) is 18.0 Å². The van der Waals surface area contributed by atoms with Gasteiger partial charge in [-0.05, 0) is 37.1 Å². The van der Waals surface area contributed by atoms with Gasteiger partial charge in [0, 0.05) is 10.2 Å². The fourth-order valence-corrected chi connectivity index (χ4v) is 4.49. The van der Waals surface area contributed by atoms with E-state index >= 15 is 0 Å². The first kappa shape index (κ1) is 17.0. The minimum atomic E-state index is -3.10. The van der Waals surface area contributed by atoms with Gasteiger partial charge in [0.1, 0.15) is 0 Å². The summed E-state index contributed by atoms with van der Waals surface area (Å²) in [5.74, 6) is -1.38. The van der Waals surface area contributed by atoms with Gasteiger partial charge in [0.2, 0.25) is 11.8 Å². The van der Waals surface area contributed by atoms with E-state index in [0.29, 0.717) is 12.1 Å². The van der Waals surface area contributed by atoms with Crippen LogP contribution in [0.25, 0.3) is 0 Å². The number of rotatable bonds is 4. The molecule has 1 aromatic rings. The van der Waals surface area contributed by atoms with Crippen LogP contribution in [0.4, 0.5) is 5.69 Å². The number of carbonyl (C=O) groups is 2. The lowest BCUT2D eigenvalue weighted by atomic mass is 10.1. The standard InChI is InChI=1S/C14H17BrN2O4S/c1-9-6-11(15)2-3-12(9)17-13(18)7-16-14(19)10-4-5-22(20,21)8-10/h2-3,6,10H,4-5,7-8H2,1H3,(H,16,19)(H,17,18). The van der Waals surface area contributed by atoms with Gasteiger partial charge in [-0.2, -0.15) is 0 Å². The Kier molecular flexibility index (Phi) is 5.23. The van der Waals surface area contributed by atoms with E-state index in [1.165, 1.54) is 0 Å². The number of benzene rings is 1. The zero-order chi connectivity index (χ0) is 16.3. The molecule has 0 spiro atoms. The smallest absolute Gasteiger partial charge is 0.243 e. The first-order valence-corrected chi connectivity index (χ1v) is 9.42. The Morgan fingerprint density at radius 1 is 1.36 bits per heavy atom. The number of aryl methyl sites for hydroxylation is 1. The molecule has 8 heteroatoms. The Hall–Kier alpha value is -1.41. The van der Waals surface area contributed by atoms with Gasteiger partial charge in [-0.25, -0.2) is 8.42 Å². The molecule has 1 fully saturated rings. The first-order chi connectivity index (χ1) is 10.3. The lowest BCUT2D eigenvalue weighted by molar-refractivity contribution is -0.126. The van der Waals surface area contributed by atoms with E-state index in [1.54, 1.807) is 6.07 Å². The van der Waals surface area contributed by atoms with Crippen molar-refractivity contribution in [3.8, 4) is 0 Å². The Balaban J connectivity index is 1.84. The molecule has 0 aliphatic carbocycles. The summed E-state index contributed by atoms with van der Waals surface area (Å²) in [6.45, 7) is 1.69. The van der Waals surface area contributed by atoms with Crippen molar-refractivity contribution in [1.82, 2.24) is 5.32 Å². The minimum Gasteiger partial charge on any atom is -0.347 e. The van der Waals surface area contributed by atoms with E-state index in [2.05, 4.69) is 26.6 Å². The van der Waals surface area contributed by atoms with Crippen molar-refractivity contribution in [2.24, 2.45) is 5.92 Å². The topological polar surface area (TPSA) is 92.3 Å². The minimum absolute atomic E-state index is 0.0371. The van der Waals surface area contributed by atoms with Crippen LogP contribution in [0.5, 0.6) is 0 Å². The number of nitrogens with one attached hydrogen (secondary N) is 2. The van der Waals surface area contributed by atoms with Crippen LogP contribution in [0, 0.1) is 12.8 Å². The fourth-order valence-electron chi connectivity index (χ4n) is 2.28. The molecule has 22 heavy (non-hydrogen) atoms. The van der Waals surface area contributed by atoms with E-state index < -0.39 is 15.8 Å². The van der Waals surface area contributed by atoms with Gasteiger partial charge in [-0.1, -0.05) is 15.9 Å². The summed E-state index contributed by atoms with van der Waals surface area (Å²) in [5.41, 5.74) is 1.57. The van der Waals surface area contributed by atoms with Crippen molar-refractivity contribution in [1.29, 1.82) is 0 Å². The Morgan fingerprint density at radius 2 is 2.09 bits per heavy atom. The molecule has 0 saturated carbocycles. The Labute approximate surface area is 137 Å². The maximum Gasteiger partial charge on any atom is 0.243 e. The van der Waals surface area contributed by atoms with Crippen molar-refractivity contribution in [2.45, 2.75) is 13.3 Å². The van der Waals surface area contributed by atoms with Gasteiger partial charge in [-0.15, -0.1) is 0 Å². The summed E-state index contributed by atoms with van der Waals surface area (Å²) in [4.78, 5) is 23.7. The van der Waals surface area contributed by atoms with E-state index in [-0.39, 0.29) is 29.9 Å². The van der Waals surface area contributed by atoms with Gasteiger partial charge in [0.25, 0.3) is 0 Å². The molecule has 2 rings (SSSR count). The molecule has 0 aromatic heterocycles. The number of hydrogen-bond donors (Lipinski definition) is 2. The summed E-state index contributed by atoms with van der Waals surface area (Å²) >= 11 is 3.34. The molecule has 120 valence electrons. The highest BCUT2D eigenvalue weighted by Gasteiger charge is 2.32. The molecular formula is C14H17BrN2O4S. The van der Waals surface area contributed by atoms with Gasteiger partial charge < -0.3 is 10.6 Å². The predicted octanol–water partition coefficient (Wildman–Crippen LogP) is 1.25. The quantitative estimate of drug-likeness (QED) is 0.811. The third-order valence-electron chi connectivity index (χ3n) is 3.49. The largest absolute Gasteiger partial charge is 0.347 e. The van der Waals surface area contributed by atoms with Gasteiger partial charge in [-0.3, -0.25) is 9.59 Å². The summed E-state index contributed by atoms with van der Waals surface area (Å²) in [7, 11) is -3.10. The highest BCUT2D eigenvalue weighted by molar-refractivity contribution is 9.10. The lowest BCUT2D eigenvalue weighted by Gasteiger charge is -2.11. The van der Waals surface area contributed by atoms with Crippen LogP contribution in [0.15, 0.2) is 22.7 Å². The predicted molar refractivity (Wildman–Crippen MR) is 87.3 cm³/mol. The molecule has 6 nitrogen and oxygen atoms in total. The van der Waals surface area contributed by atoms with Crippen molar-refractivity contribution in [3.05, 3.63) is 28.2 Å². The average Bonchev–Trinajstić information content (AvgIpc) is 2.80. The molecule has 1 saturated heterocycles. The molecule has 1 unspecified atom stereocenters. The second-order valence-corrected chi connectivity index (χ2v) is 8.47.